The molecule has 0 aliphatic rings. The summed E-state index contributed by atoms with van der Waals surface area (Å²) in [5.41, 5.74) is 1.26. The Bertz CT molecular complexity index is 1070. The first-order valence-electron chi connectivity index (χ1n) is 8.90. The molecule has 1 heterocycles. The van der Waals surface area contributed by atoms with Gasteiger partial charge in [0, 0.05) is 5.39 Å². The molecule has 29 heavy (non-hydrogen) atoms. The SMILES string of the molecule is CC(C)c1ccc(-n2c(SC(C)(C)C(=O)O)nnc2C(F)(F)F)c2ccccc12. The van der Waals surface area contributed by atoms with E-state index in [1.807, 2.05) is 26.0 Å². The molecular weight excluding hydrogens is 403 g/mol. The van der Waals surface area contributed by atoms with E-state index in [2.05, 4.69) is 10.2 Å². The highest BCUT2D eigenvalue weighted by Gasteiger charge is 2.41. The molecule has 5 nitrogen and oxygen atoms in total. The number of carboxylic acid groups (broad SMARTS) is 1. The minimum absolute atomic E-state index is 0.132. The Morgan fingerprint density at radius 1 is 1.07 bits per heavy atom. The predicted octanol–water partition coefficient (Wildman–Crippen LogP) is 5.52. The van der Waals surface area contributed by atoms with Crippen LogP contribution in [0.5, 0.6) is 0 Å². The Kier molecular flexibility index (Phi) is 5.38. The summed E-state index contributed by atoms with van der Waals surface area (Å²) in [6.07, 6.45) is -4.75. The van der Waals surface area contributed by atoms with Gasteiger partial charge in [-0.1, -0.05) is 55.9 Å². The van der Waals surface area contributed by atoms with Crippen LogP contribution in [-0.4, -0.2) is 30.6 Å². The number of nitrogens with zero attached hydrogens (tertiary/aromatic N) is 3. The number of thioether (sulfide) groups is 1. The molecule has 154 valence electrons. The second kappa shape index (κ2) is 7.37. The first-order chi connectivity index (χ1) is 13.4. The van der Waals surface area contributed by atoms with E-state index >= 15 is 0 Å². The third-order valence-electron chi connectivity index (χ3n) is 4.55. The summed E-state index contributed by atoms with van der Waals surface area (Å²) in [5, 5.41) is 17.7. The zero-order valence-electron chi connectivity index (χ0n) is 16.3. The van der Waals surface area contributed by atoms with Gasteiger partial charge in [-0.2, -0.15) is 13.2 Å². The van der Waals surface area contributed by atoms with E-state index in [1.54, 1.807) is 24.3 Å². The van der Waals surface area contributed by atoms with Crippen molar-refractivity contribution in [2.75, 3.05) is 0 Å². The molecule has 0 radical (unpaired) electrons. The number of halogens is 3. The lowest BCUT2D eigenvalue weighted by Crippen LogP contribution is -2.27. The monoisotopic (exact) mass is 423 g/mol. The van der Waals surface area contributed by atoms with Crippen LogP contribution in [0.15, 0.2) is 41.6 Å². The fourth-order valence-electron chi connectivity index (χ4n) is 3.01. The fraction of sp³-hybridized carbons (Fsp3) is 0.350. The maximum absolute atomic E-state index is 13.7. The van der Waals surface area contributed by atoms with Crippen LogP contribution < -0.4 is 0 Å². The first kappa shape index (κ1) is 21.2. The van der Waals surface area contributed by atoms with E-state index in [0.29, 0.717) is 5.39 Å². The normalized spacial score (nSPS) is 12.7. The van der Waals surface area contributed by atoms with E-state index in [0.717, 1.165) is 27.3 Å². The largest absolute Gasteiger partial charge is 0.480 e. The van der Waals surface area contributed by atoms with Crippen molar-refractivity contribution in [2.45, 2.75) is 49.7 Å². The van der Waals surface area contributed by atoms with Gasteiger partial charge in [-0.05, 0) is 36.8 Å². The van der Waals surface area contributed by atoms with Crippen molar-refractivity contribution >= 4 is 28.5 Å². The molecule has 0 saturated carbocycles. The van der Waals surface area contributed by atoms with Gasteiger partial charge in [0.2, 0.25) is 5.82 Å². The van der Waals surface area contributed by atoms with E-state index in [4.69, 9.17) is 0 Å². The van der Waals surface area contributed by atoms with Crippen LogP contribution in [0, 0.1) is 0 Å². The molecule has 3 rings (SSSR count). The van der Waals surface area contributed by atoms with Crippen LogP contribution in [0.25, 0.3) is 16.5 Å². The fourth-order valence-corrected chi connectivity index (χ4v) is 3.92. The molecule has 0 bridgehead atoms. The summed E-state index contributed by atoms with van der Waals surface area (Å²) in [4.78, 5) is 11.5. The summed E-state index contributed by atoms with van der Waals surface area (Å²) >= 11 is 0.721. The lowest BCUT2D eigenvalue weighted by Gasteiger charge is -2.20. The number of carbonyl (C=O) groups is 1. The molecule has 1 aromatic heterocycles. The third-order valence-corrected chi connectivity index (χ3v) is 5.68. The van der Waals surface area contributed by atoms with Gasteiger partial charge in [-0.3, -0.25) is 9.36 Å². The Morgan fingerprint density at radius 3 is 2.24 bits per heavy atom. The number of hydrogen-bond acceptors (Lipinski definition) is 4. The molecule has 2 aromatic carbocycles. The van der Waals surface area contributed by atoms with Crippen molar-refractivity contribution in [2.24, 2.45) is 0 Å². The van der Waals surface area contributed by atoms with Crippen LogP contribution in [0.1, 0.15) is 45.0 Å². The number of aromatic nitrogens is 3. The number of hydrogen-bond donors (Lipinski definition) is 1. The topological polar surface area (TPSA) is 68.0 Å². The molecule has 0 spiro atoms. The second-order valence-corrected chi connectivity index (χ2v) is 9.02. The molecule has 0 amide bonds. The molecule has 3 aromatic rings. The van der Waals surface area contributed by atoms with Gasteiger partial charge < -0.3 is 5.11 Å². The van der Waals surface area contributed by atoms with Gasteiger partial charge in [-0.15, -0.1) is 10.2 Å². The van der Waals surface area contributed by atoms with E-state index in [-0.39, 0.29) is 16.8 Å². The van der Waals surface area contributed by atoms with E-state index < -0.39 is 22.7 Å². The molecule has 0 atom stereocenters. The summed E-state index contributed by atoms with van der Waals surface area (Å²) < 4.78 is 40.6. The highest BCUT2D eigenvalue weighted by Crippen LogP contribution is 2.40. The number of benzene rings is 2. The van der Waals surface area contributed by atoms with Crippen LogP contribution in [0.4, 0.5) is 13.2 Å². The van der Waals surface area contributed by atoms with E-state index in [1.165, 1.54) is 13.8 Å². The molecule has 1 N–H and O–H groups in total. The van der Waals surface area contributed by atoms with E-state index in [9.17, 15) is 23.1 Å². The Labute approximate surface area is 169 Å². The van der Waals surface area contributed by atoms with Crippen LogP contribution >= 0.6 is 11.8 Å². The molecule has 0 fully saturated rings. The molecular formula is C20H20F3N3O2S. The summed E-state index contributed by atoms with van der Waals surface area (Å²) in [7, 11) is 0. The van der Waals surface area contributed by atoms with Crippen molar-refractivity contribution in [3.63, 3.8) is 0 Å². The van der Waals surface area contributed by atoms with Crippen molar-refractivity contribution < 1.29 is 23.1 Å². The molecule has 0 saturated heterocycles. The highest BCUT2D eigenvalue weighted by atomic mass is 32.2. The lowest BCUT2D eigenvalue weighted by atomic mass is 9.95. The maximum atomic E-state index is 13.7. The molecule has 9 heteroatoms. The van der Waals surface area contributed by atoms with Crippen molar-refractivity contribution in [1.29, 1.82) is 0 Å². The summed E-state index contributed by atoms with van der Waals surface area (Å²) in [6, 6.07) is 10.6. The minimum atomic E-state index is -4.75. The summed E-state index contributed by atoms with van der Waals surface area (Å²) in [5.74, 6) is -2.18. The van der Waals surface area contributed by atoms with Crippen LogP contribution in [0.3, 0.4) is 0 Å². The smallest absolute Gasteiger partial charge is 0.452 e. The number of carboxylic acids is 1. The van der Waals surface area contributed by atoms with Gasteiger partial charge in [0.1, 0.15) is 4.75 Å². The molecule has 0 aliphatic carbocycles. The number of alkyl halides is 3. The van der Waals surface area contributed by atoms with Crippen molar-refractivity contribution in [3.05, 3.63) is 47.8 Å². The van der Waals surface area contributed by atoms with Crippen molar-refractivity contribution in [1.82, 2.24) is 14.8 Å². The maximum Gasteiger partial charge on any atom is 0.452 e. The number of aliphatic carboxylic acids is 1. The average molecular weight is 423 g/mol. The predicted molar refractivity (Wildman–Crippen MR) is 106 cm³/mol. The third kappa shape index (κ3) is 3.96. The Balaban J connectivity index is 2.32. The van der Waals surface area contributed by atoms with Gasteiger partial charge >= 0.3 is 12.1 Å². The van der Waals surface area contributed by atoms with Crippen LogP contribution in [-0.2, 0) is 11.0 Å². The van der Waals surface area contributed by atoms with Crippen LogP contribution in [0.2, 0.25) is 0 Å². The zero-order chi connectivity index (χ0) is 21.6. The van der Waals surface area contributed by atoms with Gasteiger partial charge in [0.25, 0.3) is 0 Å². The number of fused-ring (bicyclic) bond motifs is 1. The van der Waals surface area contributed by atoms with Gasteiger partial charge in [0.05, 0.1) is 5.69 Å². The Morgan fingerprint density at radius 2 is 1.69 bits per heavy atom. The van der Waals surface area contributed by atoms with Gasteiger partial charge in [0.15, 0.2) is 5.16 Å². The average Bonchev–Trinajstić information content (AvgIpc) is 3.03. The lowest BCUT2D eigenvalue weighted by molar-refractivity contribution is -0.146. The zero-order valence-corrected chi connectivity index (χ0v) is 17.1. The van der Waals surface area contributed by atoms with Crippen molar-refractivity contribution in [3.8, 4) is 5.69 Å². The standard InChI is InChI=1S/C20H20F3N3O2S/c1-11(2)12-9-10-15(14-8-6-5-7-13(12)14)26-16(20(21,22)23)24-25-18(26)29-19(3,4)17(27)28/h5-11H,1-4H3,(H,27,28). The second-order valence-electron chi connectivity index (χ2n) is 7.43. The number of rotatable bonds is 5. The molecule has 0 aliphatic heterocycles. The summed E-state index contributed by atoms with van der Waals surface area (Å²) in [6.45, 7) is 6.84. The highest BCUT2D eigenvalue weighted by molar-refractivity contribution is 8.01. The first-order valence-corrected chi connectivity index (χ1v) is 9.72. The minimum Gasteiger partial charge on any atom is -0.480 e. The Hall–Kier alpha value is -2.55. The quantitative estimate of drug-likeness (QED) is 0.548. The molecule has 0 unspecified atom stereocenters. The van der Waals surface area contributed by atoms with Gasteiger partial charge in [-0.25, -0.2) is 0 Å².